The van der Waals surface area contributed by atoms with Crippen molar-refractivity contribution in [3.63, 3.8) is 0 Å². The van der Waals surface area contributed by atoms with E-state index < -0.39 is 12.5 Å². The highest BCUT2D eigenvalue weighted by Gasteiger charge is 2.12. The van der Waals surface area contributed by atoms with Crippen LogP contribution in [0, 0.1) is 6.92 Å². The van der Waals surface area contributed by atoms with Gasteiger partial charge in [-0.05, 0) is 42.8 Å². The van der Waals surface area contributed by atoms with E-state index in [1.165, 1.54) is 31.2 Å². The zero-order valence-electron chi connectivity index (χ0n) is 13.1. The van der Waals surface area contributed by atoms with Gasteiger partial charge < -0.3 is 15.4 Å². The first-order valence-corrected chi connectivity index (χ1v) is 7.10. The van der Waals surface area contributed by atoms with E-state index in [2.05, 4.69) is 15.4 Å². The number of rotatable bonds is 5. The zero-order valence-corrected chi connectivity index (χ0v) is 13.1. The van der Waals surface area contributed by atoms with Crippen molar-refractivity contribution in [3.8, 4) is 5.75 Å². The molecule has 2 N–H and O–H groups in total. The third-order valence-corrected chi connectivity index (χ3v) is 3.21. The summed E-state index contributed by atoms with van der Waals surface area (Å²) in [6, 6.07) is 10.6. The minimum absolute atomic E-state index is 0.0960. The first kappa shape index (κ1) is 17.4. The molecule has 2 rings (SSSR count). The summed E-state index contributed by atoms with van der Waals surface area (Å²) < 4.78 is 28.8. The van der Waals surface area contributed by atoms with Crippen molar-refractivity contribution in [1.29, 1.82) is 0 Å². The molecule has 0 aliphatic heterocycles. The second-order valence-corrected chi connectivity index (χ2v) is 5.02. The third kappa shape index (κ3) is 4.52. The number of ether oxygens (including phenoxy) is 1. The Bertz CT molecular complexity index is 763. The molecular weight excluding hydrogens is 318 g/mol. The van der Waals surface area contributed by atoms with Crippen LogP contribution in [0.5, 0.6) is 5.75 Å². The Kier molecular flexibility index (Phi) is 5.47. The normalized spacial score (nSPS) is 10.4. The number of nitrogens with one attached hydrogen (secondary N) is 2. The van der Waals surface area contributed by atoms with Crippen molar-refractivity contribution in [3.05, 3.63) is 53.6 Å². The highest BCUT2D eigenvalue weighted by molar-refractivity contribution is 6.05. The fraction of sp³-hybridized carbons (Fsp3) is 0.176. The molecule has 7 heteroatoms. The Morgan fingerprint density at radius 2 is 1.67 bits per heavy atom. The van der Waals surface area contributed by atoms with Gasteiger partial charge in [0, 0.05) is 23.9 Å². The van der Waals surface area contributed by atoms with Crippen LogP contribution in [0.1, 0.15) is 22.8 Å². The van der Waals surface area contributed by atoms with Gasteiger partial charge in [0.15, 0.2) is 0 Å². The number of anilines is 2. The van der Waals surface area contributed by atoms with Gasteiger partial charge in [0.2, 0.25) is 5.91 Å². The molecule has 0 aliphatic carbocycles. The minimum atomic E-state index is -2.96. The average Bonchev–Trinajstić information content (AvgIpc) is 2.50. The van der Waals surface area contributed by atoms with Gasteiger partial charge in [0.1, 0.15) is 5.75 Å². The lowest BCUT2D eigenvalue weighted by molar-refractivity contribution is -0.114. The zero-order chi connectivity index (χ0) is 17.7. The van der Waals surface area contributed by atoms with Crippen LogP contribution in [-0.4, -0.2) is 18.4 Å². The average molecular weight is 334 g/mol. The predicted molar refractivity (Wildman–Crippen MR) is 86.5 cm³/mol. The molecule has 2 aromatic carbocycles. The van der Waals surface area contributed by atoms with Crippen LogP contribution in [0.2, 0.25) is 0 Å². The molecular formula is C17H16F2N2O3. The van der Waals surface area contributed by atoms with Gasteiger partial charge in [0.25, 0.3) is 5.91 Å². The van der Waals surface area contributed by atoms with Gasteiger partial charge in [-0.2, -0.15) is 8.78 Å². The van der Waals surface area contributed by atoms with Crippen molar-refractivity contribution in [2.75, 3.05) is 10.6 Å². The molecule has 5 nitrogen and oxygen atoms in total. The molecule has 0 bridgehead atoms. The van der Waals surface area contributed by atoms with Crippen molar-refractivity contribution in [2.45, 2.75) is 20.5 Å². The fourth-order valence-corrected chi connectivity index (χ4v) is 2.10. The lowest BCUT2D eigenvalue weighted by atomic mass is 10.1. The van der Waals surface area contributed by atoms with Crippen molar-refractivity contribution >= 4 is 23.2 Å². The summed E-state index contributed by atoms with van der Waals surface area (Å²) in [5.41, 5.74) is 1.94. The van der Waals surface area contributed by atoms with Gasteiger partial charge in [-0.1, -0.05) is 12.1 Å². The minimum Gasteiger partial charge on any atom is -0.435 e. The number of halogens is 2. The van der Waals surface area contributed by atoms with Gasteiger partial charge in [-0.25, -0.2) is 0 Å². The van der Waals surface area contributed by atoms with Crippen LogP contribution in [0.25, 0.3) is 0 Å². The molecule has 0 heterocycles. The van der Waals surface area contributed by atoms with E-state index in [-0.39, 0.29) is 17.2 Å². The summed E-state index contributed by atoms with van der Waals surface area (Å²) in [5, 5.41) is 5.35. The molecule has 0 spiro atoms. The summed E-state index contributed by atoms with van der Waals surface area (Å²) >= 11 is 0. The Morgan fingerprint density at radius 1 is 1.04 bits per heavy atom. The summed E-state index contributed by atoms with van der Waals surface area (Å²) in [6.07, 6.45) is 0. The van der Waals surface area contributed by atoms with E-state index >= 15 is 0 Å². The fourth-order valence-electron chi connectivity index (χ4n) is 2.10. The monoisotopic (exact) mass is 334 g/mol. The largest absolute Gasteiger partial charge is 0.435 e. The van der Waals surface area contributed by atoms with E-state index in [0.29, 0.717) is 16.9 Å². The van der Waals surface area contributed by atoms with Crippen molar-refractivity contribution in [2.24, 2.45) is 0 Å². The highest BCUT2D eigenvalue weighted by atomic mass is 19.3. The molecule has 0 fully saturated rings. The molecule has 2 amide bonds. The molecule has 126 valence electrons. The van der Waals surface area contributed by atoms with Crippen molar-refractivity contribution < 1.29 is 23.1 Å². The van der Waals surface area contributed by atoms with Crippen LogP contribution >= 0.6 is 0 Å². The van der Waals surface area contributed by atoms with Crippen molar-refractivity contribution in [1.82, 2.24) is 0 Å². The molecule has 2 aromatic rings. The standard InChI is InChI=1S/C17H16F2N2O3/c1-10-14(20-11(2)22)7-4-8-15(10)21-16(23)12-5-3-6-13(9-12)24-17(18)19/h3-9,17H,1-2H3,(H,20,22)(H,21,23). The number of carbonyl (C=O) groups is 2. The molecule has 0 atom stereocenters. The summed E-state index contributed by atoms with van der Waals surface area (Å²) in [4.78, 5) is 23.5. The van der Waals surface area contributed by atoms with Gasteiger partial charge in [0.05, 0.1) is 0 Å². The quantitative estimate of drug-likeness (QED) is 0.874. The maximum Gasteiger partial charge on any atom is 0.387 e. The van der Waals surface area contributed by atoms with Crippen LogP contribution in [0.15, 0.2) is 42.5 Å². The highest BCUT2D eigenvalue weighted by Crippen LogP contribution is 2.24. The molecule has 24 heavy (non-hydrogen) atoms. The summed E-state index contributed by atoms with van der Waals surface area (Å²) in [6.45, 7) is 0.177. The van der Waals surface area contributed by atoms with E-state index in [4.69, 9.17) is 0 Å². The predicted octanol–water partition coefficient (Wildman–Crippen LogP) is 3.81. The number of carbonyl (C=O) groups excluding carboxylic acids is 2. The Balaban J connectivity index is 2.19. The maximum atomic E-state index is 12.3. The van der Waals surface area contributed by atoms with Crippen LogP contribution in [0.4, 0.5) is 20.2 Å². The van der Waals surface area contributed by atoms with Gasteiger partial charge >= 0.3 is 6.61 Å². The van der Waals surface area contributed by atoms with Crippen LogP contribution in [0.3, 0.4) is 0 Å². The van der Waals surface area contributed by atoms with E-state index in [1.807, 2.05) is 0 Å². The summed E-state index contributed by atoms with van der Waals surface area (Å²) in [7, 11) is 0. The lowest BCUT2D eigenvalue weighted by Gasteiger charge is -2.13. The topological polar surface area (TPSA) is 67.4 Å². The van der Waals surface area contributed by atoms with Crippen LogP contribution in [-0.2, 0) is 4.79 Å². The lowest BCUT2D eigenvalue weighted by Crippen LogP contribution is -2.14. The Hall–Kier alpha value is -2.96. The first-order valence-electron chi connectivity index (χ1n) is 7.10. The number of amides is 2. The molecule has 0 aromatic heterocycles. The molecule has 0 aliphatic rings. The third-order valence-electron chi connectivity index (χ3n) is 3.21. The molecule has 0 saturated carbocycles. The Morgan fingerprint density at radius 3 is 2.29 bits per heavy atom. The van der Waals surface area contributed by atoms with E-state index in [9.17, 15) is 18.4 Å². The first-order chi connectivity index (χ1) is 11.4. The van der Waals surface area contributed by atoms with E-state index in [1.54, 1.807) is 25.1 Å². The smallest absolute Gasteiger partial charge is 0.387 e. The second kappa shape index (κ2) is 7.54. The maximum absolute atomic E-state index is 12.3. The number of benzene rings is 2. The molecule has 0 unspecified atom stereocenters. The van der Waals surface area contributed by atoms with Crippen LogP contribution < -0.4 is 15.4 Å². The second-order valence-electron chi connectivity index (χ2n) is 5.02. The Labute approximate surface area is 137 Å². The SMILES string of the molecule is CC(=O)Nc1cccc(NC(=O)c2cccc(OC(F)F)c2)c1C. The molecule has 0 radical (unpaired) electrons. The number of hydrogen-bond donors (Lipinski definition) is 2. The number of alkyl halides is 2. The summed E-state index contributed by atoms with van der Waals surface area (Å²) in [5.74, 6) is -0.794. The number of hydrogen-bond acceptors (Lipinski definition) is 3. The van der Waals surface area contributed by atoms with Gasteiger partial charge in [-0.3, -0.25) is 9.59 Å². The molecule has 0 saturated heterocycles. The van der Waals surface area contributed by atoms with E-state index in [0.717, 1.165) is 0 Å². The van der Waals surface area contributed by atoms with Gasteiger partial charge in [-0.15, -0.1) is 0 Å².